The van der Waals surface area contributed by atoms with E-state index in [0.29, 0.717) is 17.0 Å². The summed E-state index contributed by atoms with van der Waals surface area (Å²) in [5, 5.41) is 9.11. The summed E-state index contributed by atoms with van der Waals surface area (Å²) in [6.07, 6.45) is -4.54. The molecule has 0 aliphatic rings. The third-order valence-electron chi connectivity index (χ3n) is 3.81. The van der Waals surface area contributed by atoms with Gasteiger partial charge < -0.3 is 10.5 Å². The van der Waals surface area contributed by atoms with E-state index in [0.717, 1.165) is 18.2 Å². The maximum absolute atomic E-state index is 12.8. The molecule has 28 heavy (non-hydrogen) atoms. The molecule has 0 unspecified atom stereocenters. The number of alkyl halides is 3. The number of benzene rings is 2. The van der Waals surface area contributed by atoms with Crippen LogP contribution in [0, 0.1) is 11.3 Å². The third-order valence-corrected chi connectivity index (χ3v) is 3.81. The number of nitriles is 1. The van der Waals surface area contributed by atoms with Crippen molar-refractivity contribution in [2.45, 2.75) is 6.18 Å². The second-order valence-corrected chi connectivity index (χ2v) is 5.72. The molecule has 2 aromatic carbocycles. The van der Waals surface area contributed by atoms with Gasteiger partial charge in [0.05, 0.1) is 16.8 Å². The molecule has 1 amide bonds. The van der Waals surface area contributed by atoms with Crippen molar-refractivity contribution in [3.63, 3.8) is 0 Å². The van der Waals surface area contributed by atoms with Crippen LogP contribution in [0.1, 0.15) is 21.6 Å². The van der Waals surface area contributed by atoms with Crippen LogP contribution in [-0.2, 0) is 6.18 Å². The molecule has 0 saturated carbocycles. The number of ether oxygens (including phenoxy) is 1. The van der Waals surface area contributed by atoms with Crippen molar-refractivity contribution in [3.8, 4) is 28.8 Å². The van der Waals surface area contributed by atoms with Crippen LogP contribution in [-0.4, -0.2) is 10.9 Å². The van der Waals surface area contributed by atoms with Gasteiger partial charge in [-0.1, -0.05) is 6.07 Å². The lowest BCUT2D eigenvalue weighted by Gasteiger charge is -2.11. The fraction of sp³-hybridized carbons (Fsp3) is 0.0500. The number of halogens is 3. The van der Waals surface area contributed by atoms with Gasteiger partial charge in [-0.3, -0.25) is 4.79 Å². The Morgan fingerprint density at radius 3 is 2.39 bits per heavy atom. The molecule has 0 fully saturated rings. The van der Waals surface area contributed by atoms with E-state index >= 15 is 0 Å². The summed E-state index contributed by atoms with van der Waals surface area (Å²) >= 11 is 0. The summed E-state index contributed by atoms with van der Waals surface area (Å²) < 4.78 is 43.8. The topological polar surface area (TPSA) is 89.0 Å². The Balaban J connectivity index is 1.84. The first-order valence-electron chi connectivity index (χ1n) is 7.94. The first-order chi connectivity index (χ1) is 13.3. The van der Waals surface area contributed by atoms with Gasteiger partial charge in [0, 0.05) is 5.56 Å². The zero-order valence-electron chi connectivity index (χ0n) is 14.2. The molecule has 0 bridgehead atoms. The van der Waals surface area contributed by atoms with Gasteiger partial charge >= 0.3 is 6.18 Å². The van der Waals surface area contributed by atoms with Crippen molar-refractivity contribution in [2.24, 2.45) is 5.73 Å². The van der Waals surface area contributed by atoms with Crippen LogP contribution in [0.25, 0.3) is 11.3 Å². The van der Waals surface area contributed by atoms with Crippen molar-refractivity contribution in [2.75, 3.05) is 0 Å². The van der Waals surface area contributed by atoms with Gasteiger partial charge in [-0.2, -0.15) is 18.4 Å². The quantitative estimate of drug-likeness (QED) is 0.717. The highest BCUT2D eigenvalue weighted by Crippen LogP contribution is 2.34. The van der Waals surface area contributed by atoms with Crippen molar-refractivity contribution < 1.29 is 22.7 Å². The number of pyridine rings is 1. The summed E-state index contributed by atoms with van der Waals surface area (Å²) in [5.41, 5.74) is 5.40. The van der Waals surface area contributed by atoms with Gasteiger partial charge in [-0.15, -0.1) is 0 Å². The normalized spacial score (nSPS) is 10.9. The molecule has 0 aliphatic heterocycles. The molecule has 140 valence electrons. The number of hydrogen-bond acceptors (Lipinski definition) is 4. The Labute approximate surface area is 157 Å². The number of carbonyl (C=O) groups is 1. The van der Waals surface area contributed by atoms with Crippen LogP contribution in [0.3, 0.4) is 0 Å². The summed E-state index contributed by atoms with van der Waals surface area (Å²) in [6.45, 7) is 0. The second kappa shape index (κ2) is 7.40. The average Bonchev–Trinajstić information content (AvgIpc) is 2.68. The predicted molar refractivity (Wildman–Crippen MR) is 94.4 cm³/mol. The van der Waals surface area contributed by atoms with Crippen LogP contribution in [0.5, 0.6) is 11.5 Å². The molecule has 3 aromatic rings. The van der Waals surface area contributed by atoms with Gasteiger partial charge in [0.25, 0.3) is 5.91 Å². The molecule has 0 saturated heterocycles. The number of primary amides is 1. The number of aromatic nitrogens is 1. The van der Waals surface area contributed by atoms with Gasteiger partial charge in [-0.25, -0.2) is 4.98 Å². The number of hydrogen-bond donors (Lipinski definition) is 1. The third kappa shape index (κ3) is 4.10. The Morgan fingerprint density at radius 2 is 1.79 bits per heavy atom. The van der Waals surface area contributed by atoms with Gasteiger partial charge in [0.1, 0.15) is 23.3 Å². The minimum absolute atomic E-state index is 0.0112. The van der Waals surface area contributed by atoms with E-state index in [1.165, 1.54) is 6.07 Å². The maximum atomic E-state index is 12.8. The SMILES string of the molecule is N#Cc1cc(C(F)(F)F)ccc1Oc1ccc(-c2cccc(C(N)=O)n2)cc1. The predicted octanol–water partition coefficient (Wildman–Crippen LogP) is 4.53. The standard InChI is InChI=1S/C20H12F3N3O2/c21-20(22,23)14-6-9-18(13(10-14)11-24)28-15-7-4-12(5-8-15)16-2-1-3-17(26-16)19(25)27/h1-10H,(H2,25,27). The van der Waals surface area contributed by atoms with Gasteiger partial charge in [0.15, 0.2) is 0 Å². The summed E-state index contributed by atoms with van der Waals surface area (Å²) in [5.74, 6) is -0.309. The van der Waals surface area contributed by atoms with Crippen LogP contribution >= 0.6 is 0 Å². The van der Waals surface area contributed by atoms with Crippen molar-refractivity contribution in [3.05, 3.63) is 77.5 Å². The molecule has 8 heteroatoms. The summed E-state index contributed by atoms with van der Waals surface area (Å²) in [6, 6.07) is 15.7. The molecule has 0 spiro atoms. The molecule has 2 N–H and O–H groups in total. The van der Waals surface area contributed by atoms with E-state index in [-0.39, 0.29) is 17.0 Å². The molecule has 5 nitrogen and oxygen atoms in total. The zero-order valence-corrected chi connectivity index (χ0v) is 14.2. The minimum Gasteiger partial charge on any atom is -0.456 e. The van der Waals surface area contributed by atoms with Crippen LogP contribution in [0.2, 0.25) is 0 Å². The molecule has 1 heterocycles. The Morgan fingerprint density at radius 1 is 1.07 bits per heavy atom. The maximum Gasteiger partial charge on any atom is 0.416 e. The monoisotopic (exact) mass is 383 g/mol. The highest BCUT2D eigenvalue weighted by molar-refractivity contribution is 5.91. The number of rotatable bonds is 4. The number of nitrogens with two attached hydrogens (primary N) is 1. The first kappa shape index (κ1) is 18.9. The first-order valence-corrected chi connectivity index (χ1v) is 7.94. The van der Waals surface area contributed by atoms with E-state index in [9.17, 15) is 18.0 Å². The molecule has 3 rings (SSSR count). The molecule has 0 radical (unpaired) electrons. The lowest BCUT2D eigenvalue weighted by molar-refractivity contribution is -0.137. The molecule has 1 aromatic heterocycles. The lowest BCUT2D eigenvalue weighted by atomic mass is 10.1. The second-order valence-electron chi connectivity index (χ2n) is 5.72. The minimum atomic E-state index is -4.54. The van der Waals surface area contributed by atoms with Crippen molar-refractivity contribution in [1.82, 2.24) is 4.98 Å². The summed E-state index contributed by atoms with van der Waals surface area (Å²) in [4.78, 5) is 15.4. The largest absolute Gasteiger partial charge is 0.456 e. The Kier molecular flexibility index (Phi) is 5.00. The van der Waals surface area contributed by atoms with E-state index in [1.807, 2.05) is 0 Å². The Hall–Kier alpha value is -3.86. The number of amides is 1. The van der Waals surface area contributed by atoms with Crippen LogP contribution in [0.4, 0.5) is 13.2 Å². The highest BCUT2D eigenvalue weighted by Gasteiger charge is 2.31. The fourth-order valence-corrected chi connectivity index (χ4v) is 2.44. The fourth-order valence-electron chi connectivity index (χ4n) is 2.44. The smallest absolute Gasteiger partial charge is 0.416 e. The molecular weight excluding hydrogens is 371 g/mol. The molecule has 0 atom stereocenters. The van der Waals surface area contributed by atoms with Crippen molar-refractivity contribution >= 4 is 5.91 Å². The van der Waals surface area contributed by atoms with E-state index < -0.39 is 17.6 Å². The lowest BCUT2D eigenvalue weighted by Crippen LogP contribution is -2.12. The van der Waals surface area contributed by atoms with E-state index in [4.69, 9.17) is 15.7 Å². The average molecular weight is 383 g/mol. The van der Waals surface area contributed by atoms with E-state index in [1.54, 1.807) is 42.5 Å². The number of nitrogens with zero attached hydrogens (tertiary/aromatic N) is 2. The van der Waals surface area contributed by atoms with Gasteiger partial charge in [0.2, 0.25) is 0 Å². The van der Waals surface area contributed by atoms with Crippen LogP contribution < -0.4 is 10.5 Å². The number of carbonyl (C=O) groups excluding carboxylic acids is 1. The molecular formula is C20H12F3N3O2. The molecule has 0 aliphatic carbocycles. The van der Waals surface area contributed by atoms with Gasteiger partial charge in [-0.05, 0) is 54.6 Å². The highest BCUT2D eigenvalue weighted by atomic mass is 19.4. The van der Waals surface area contributed by atoms with E-state index in [2.05, 4.69) is 4.98 Å². The Bertz CT molecular complexity index is 1070. The summed E-state index contributed by atoms with van der Waals surface area (Å²) in [7, 11) is 0. The zero-order chi connectivity index (χ0) is 20.3. The van der Waals surface area contributed by atoms with Crippen LogP contribution in [0.15, 0.2) is 60.7 Å². The van der Waals surface area contributed by atoms with Crippen molar-refractivity contribution in [1.29, 1.82) is 5.26 Å².